The molecule has 2 N–H and O–H groups in total. The lowest BCUT2D eigenvalue weighted by molar-refractivity contribution is -0.154. The minimum atomic E-state index is -4.40. The van der Waals surface area contributed by atoms with Crippen molar-refractivity contribution in [2.24, 2.45) is 4.99 Å². The lowest BCUT2D eigenvalue weighted by Crippen LogP contribution is -2.36. The normalized spacial score (nSPS) is 11.8. The summed E-state index contributed by atoms with van der Waals surface area (Å²) < 4.78 is 46.6. The van der Waals surface area contributed by atoms with Crippen LogP contribution in [0.25, 0.3) is 0 Å². The summed E-state index contributed by atoms with van der Waals surface area (Å²) in [6.45, 7) is 2.04. The summed E-state index contributed by atoms with van der Waals surface area (Å²) in [6.07, 6.45) is -3.00. The van der Waals surface area contributed by atoms with Gasteiger partial charge in [0.15, 0.2) is 12.6 Å². The van der Waals surface area contributed by atoms with Gasteiger partial charge in [0.2, 0.25) is 5.88 Å². The fourth-order valence-corrected chi connectivity index (χ4v) is 2.26. The Balaban J connectivity index is 1.96. The minimum absolute atomic E-state index is 0.0741. The van der Waals surface area contributed by atoms with Gasteiger partial charge in [-0.2, -0.15) is 13.2 Å². The molecule has 2 rings (SSSR count). The number of nitrogens with zero attached hydrogens (tertiary/aromatic N) is 2. The first-order chi connectivity index (χ1) is 13.4. The summed E-state index contributed by atoms with van der Waals surface area (Å²) in [6, 6.07) is 10.8. The number of hydrogen-bond donors (Lipinski definition) is 2. The van der Waals surface area contributed by atoms with Crippen molar-refractivity contribution < 1.29 is 22.6 Å². The van der Waals surface area contributed by atoms with Crippen LogP contribution >= 0.6 is 0 Å². The zero-order valence-corrected chi connectivity index (χ0v) is 15.7. The predicted octanol–water partition coefficient (Wildman–Crippen LogP) is 3.29. The molecule has 9 heteroatoms. The van der Waals surface area contributed by atoms with Crippen molar-refractivity contribution in [3.8, 4) is 11.6 Å². The highest BCUT2D eigenvalue weighted by Crippen LogP contribution is 2.17. The van der Waals surface area contributed by atoms with Gasteiger partial charge in [-0.1, -0.05) is 12.1 Å². The molecule has 0 radical (unpaired) electrons. The van der Waals surface area contributed by atoms with Crippen LogP contribution in [-0.4, -0.2) is 37.4 Å². The van der Waals surface area contributed by atoms with Crippen LogP contribution in [0.1, 0.15) is 18.1 Å². The molecule has 2 aromatic rings. The number of aromatic nitrogens is 1. The van der Waals surface area contributed by atoms with Crippen molar-refractivity contribution in [2.45, 2.75) is 26.2 Å². The second-order valence-electron chi connectivity index (χ2n) is 5.81. The van der Waals surface area contributed by atoms with Crippen LogP contribution in [0.3, 0.4) is 0 Å². The summed E-state index contributed by atoms with van der Waals surface area (Å²) in [5, 5.41) is 6.26. The number of methoxy groups -OCH3 is 1. The van der Waals surface area contributed by atoms with Crippen LogP contribution < -0.4 is 20.1 Å². The van der Waals surface area contributed by atoms with Gasteiger partial charge >= 0.3 is 6.18 Å². The predicted molar refractivity (Wildman–Crippen MR) is 100 cm³/mol. The van der Waals surface area contributed by atoms with E-state index in [1.807, 2.05) is 31.2 Å². The van der Waals surface area contributed by atoms with Crippen LogP contribution in [0.2, 0.25) is 0 Å². The molecule has 0 aliphatic rings. The summed E-state index contributed by atoms with van der Waals surface area (Å²) in [4.78, 5) is 8.30. The maximum Gasteiger partial charge on any atom is 0.422 e. The Hall–Kier alpha value is -2.97. The van der Waals surface area contributed by atoms with Gasteiger partial charge in [-0.05, 0) is 36.2 Å². The van der Waals surface area contributed by atoms with Gasteiger partial charge in [-0.3, -0.25) is 0 Å². The highest BCUT2D eigenvalue weighted by atomic mass is 19.4. The monoisotopic (exact) mass is 396 g/mol. The first kappa shape index (κ1) is 21.3. The number of pyridine rings is 1. The number of guanidine groups is 1. The molecule has 0 bridgehead atoms. The molecule has 0 fully saturated rings. The summed E-state index contributed by atoms with van der Waals surface area (Å²) >= 11 is 0. The molecule has 6 nitrogen and oxygen atoms in total. The van der Waals surface area contributed by atoms with Gasteiger partial charge in [-0.25, -0.2) is 9.98 Å². The number of hydrogen-bond acceptors (Lipinski definition) is 4. The van der Waals surface area contributed by atoms with E-state index in [2.05, 4.69) is 25.3 Å². The highest BCUT2D eigenvalue weighted by Gasteiger charge is 2.28. The van der Waals surface area contributed by atoms with Crippen LogP contribution in [0.15, 0.2) is 47.6 Å². The molecule has 1 aromatic heterocycles. The number of halogens is 3. The molecular formula is C19H23F3N4O2. The van der Waals surface area contributed by atoms with E-state index in [9.17, 15) is 13.2 Å². The van der Waals surface area contributed by atoms with E-state index in [1.165, 1.54) is 12.3 Å². The molecule has 1 aromatic carbocycles. The van der Waals surface area contributed by atoms with E-state index in [-0.39, 0.29) is 5.88 Å². The van der Waals surface area contributed by atoms with Crippen molar-refractivity contribution in [2.75, 3.05) is 20.3 Å². The van der Waals surface area contributed by atoms with E-state index in [4.69, 9.17) is 4.74 Å². The average Bonchev–Trinajstić information content (AvgIpc) is 2.68. The maximum absolute atomic E-state index is 12.3. The molecule has 28 heavy (non-hydrogen) atoms. The topological polar surface area (TPSA) is 67.8 Å². The number of nitrogens with one attached hydrogen (secondary N) is 2. The van der Waals surface area contributed by atoms with E-state index >= 15 is 0 Å². The van der Waals surface area contributed by atoms with Gasteiger partial charge in [0, 0.05) is 25.4 Å². The lowest BCUT2D eigenvalue weighted by atomic mass is 10.2. The molecule has 0 aliphatic heterocycles. The quantitative estimate of drug-likeness (QED) is 0.530. The Bertz CT molecular complexity index is 782. The van der Waals surface area contributed by atoms with Gasteiger partial charge in [-0.15, -0.1) is 0 Å². The molecule has 0 amide bonds. The molecule has 1 heterocycles. The number of alkyl halides is 3. The minimum Gasteiger partial charge on any atom is -0.497 e. The third-order valence-corrected chi connectivity index (χ3v) is 3.54. The SMILES string of the molecule is CCNC(=NCc1cccc(OC)c1)NCc1ccnc(OCC(F)(F)F)c1. The first-order valence-corrected chi connectivity index (χ1v) is 8.69. The molecule has 0 aliphatic carbocycles. The lowest BCUT2D eigenvalue weighted by Gasteiger charge is -2.13. The molecule has 0 saturated heterocycles. The molecule has 152 valence electrons. The van der Waals surface area contributed by atoms with Crippen molar-refractivity contribution in [1.29, 1.82) is 0 Å². The molecule has 0 saturated carbocycles. The molecule has 0 unspecified atom stereocenters. The van der Waals surface area contributed by atoms with Crippen LogP contribution in [0.4, 0.5) is 13.2 Å². The maximum atomic E-state index is 12.3. The zero-order valence-electron chi connectivity index (χ0n) is 15.7. The fourth-order valence-electron chi connectivity index (χ4n) is 2.26. The second-order valence-corrected chi connectivity index (χ2v) is 5.81. The van der Waals surface area contributed by atoms with E-state index < -0.39 is 12.8 Å². The van der Waals surface area contributed by atoms with Crippen LogP contribution in [0.5, 0.6) is 11.6 Å². The van der Waals surface area contributed by atoms with Crippen LogP contribution in [0, 0.1) is 0 Å². The summed E-state index contributed by atoms with van der Waals surface area (Å²) in [5.74, 6) is 1.27. The summed E-state index contributed by atoms with van der Waals surface area (Å²) in [5.41, 5.74) is 1.71. The number of aliphatic imine (C=N–C) groups is 1. The zero-order chi connectivity index (χ0) is 20.4. The first-order valence-electron chi connectivity index (χ1n) is 8.69. The smallest absolute Gasteiger partial charge is 0.422 e. The Labute approximate surface area is 161 Å². The third-order valence-electron chi connectivity index (χ3n) is 3.54. The Morgan fingerprint density at radius 3 is 2.68 bits per heavy atom. The van der Waals surface area contributed by atoms with Crippen molar-refractivity contribution in [3.63, 3.8) is 0 Å². The largest absolute Gasteiger partial charge is 0.497 e. The van der Waals surface area contributed by atoms with Gasteiger partial charge < -0.3 is 20.1 Å². The standard InChI is InChI=1S/C19H23F3N4O2/c1-3-23-18(25-11-14-5-4-6-16(9-14)27-2)26-12-15-7-8-24-17(10-15)28-13-19(20,21)22/h4-10H,3,11-13H2,1-2H3,(H2,23,25,26). The highest BCUT2D eigenvalue weighted by molar-refractivity contribution is 5.79. The van der Waals surface area contributed by atoms with Gasteiger partial charge in [0.05, 0.1) is 13.7 Å². The Morgan fingerprint density at radius 1 is 1.14 bits per heavy atom. The van der Waals surface area contributed by atoms with Crippen molar-refractivity contribution >= 4 is 5.96 Å². The molecule has 0 atom stereocenters. The Kier molecular flexibility index (Phi) is 7.91. The van der Waals surface area contributed by atoms with Crippen molar-refractivity contribution in [1.82, 2.24) is 15.6 Å². The van der Waals surface area contributed by atoms with Crippen LogP contribution in [-0.2, 0) is 13.1 Å². The van der Waals surface area contributed by atoms with Crippen molar-refractivity contribution in [3.05, 3.63) is 53.7 Å². The molecule has 0 spiro atoms. The Morgan fingerprint density at radius 2 is 1.96 bits per heavy atom. The second kappa shape index (κ2) is 10.4. The van der Waals surface area contributed by atoms with E-state index in [1.54, 1.807) is 13.2 Å². The number of benzene rings is 1. The number of rotatable bonds is 8. The summed E-state index contributed by atoms with van der Waals surface area (Å²) in [7, 11) is 1.61. The van der Waals surface area contributed by atoms with Gasteiger partial charge in [0.1, 0.15) is 5.75 Å². The average molecular weight is 396 g/mol. The third kappa shape index (κ3) is 7.73. The number of ether oxygens (including phenoxy) is 2. The van der Waals surface area contributed by atoms with E-state index in [0.29, 0.717) is 25.6 Å². The van der Waals surface area contributed by atoms with E-state index in [0.717, 1.165) is 16.9 Å². The fraction of sp³-hybridized carbons (Fsp3) is 0.368. The molecular weight excluding hydrogens is 373 g/mol. The van der Waals surface area contributed by atoms with Gasteiger partial charge in [0.25, 0.3) is 0 Å².